The first-order valence-corrected chi connectivity index (χ1v) is 10.5. The predicted octanol–water partition coefficient (Wildman–Crippen LogP) is 0.439. The van der Waals surface area contributed by atoms with Crippen molar-refractivity contribution in [2.75, 3.05) is 0 Å². The van der Waals surface area contributed by atoms with Crippen LogP contribution < -0.4 is 23.2 Å². The Morgan fingerprint density at radius 1 is 0.719 bits per heavy atom. The fraction of sp³-hybridized carbons (Fsp3) is 0. The number of aromatic nitrogens is 1. The van der Waals surface area contributed by atoms with Crippen molar-refractivity contribution < 1.29 is 38.4 Å². The van der Waals surface area contributed by atoms with Crippen molar-refractivity contribution in [3.05, 3.63) is 112 Å². The fourth-order valence-electron chi connectivity index (χ4n) is 3.19. The first-order valence-electron chi connectivity index (χ1n) is 9.26. The molecule has 0 fully saturated rings. The summed E-state index contributed by atoms with van der Waals surface area (Å²) in [5, 5.41) is 12.4. The first-order chi connectivity index (χ1) is 15.2. The highest BCUT2D eigenvalue weighted by Crippen LogP contribution is 2.21. The minimum absolute atomic E-state index is 0.0980. The van der Waals surface area contributed by atoms with Gasteiger partial charge in [-0.3, -0.25) is 10.1 Å². The van der Waals surface area contributed by atoms with E-state index in [0.717, 1.165) is 22.3 Å². The number of benzene rings is 3. The number of para-hydroxylation sites is 3. The number of hydrogen-bond acceptors (Lipinski definition) is 6. The smallest absolute Gasteiger partial charge is 0.258 e. The zero-order chi connectivity index (χ0) is 23.1. The summed E-state index contributed by atoms with van der Waals surface area (Å²) in [5.41, 5.74) is 3.74. The van der Waals surface area contributed by atoms with E-state index in [-0.39, 0.29) is 10.6 Å². The molecule has 3 aromatic carbocycles. The average Bonchev–Trinajstić information content (AvgIpc) is 2.77. The Kier molecular flexibility index (Phi) is 7.26. The second-order valence-electron chi connectivity index (χ2n) is 6.52. The van der Waals surface area contributed by atoms with Crippen molar-refractivity contribution in [1.29, 1.82) is 0 Å². The Balaban J connectivity index is 0.000000523. The van der Waals surface area contributed by atoms with E-state index in [1.54, 1.807) is 24.3 Å². The van der Waals surface area contributed by atoms with E-state index < -0.39 is 10.2 Å². The maximum Gasteiger partial charge on any atom is 0.276 e. The molecule has 32 heavy (non-hydrogen) atoms. The molecular weight excluding hydrogens is 436 g/mol. The third-order valence-corrected chi connectivity index (χ3v) is 4.45. The second kappa shape index (κ2) is 10.1. The molecular formula is C23H17ClN2O6. The molecule has 0 saturated heterocycles. The number of nitro groups is 1. The summed E-state index contributed by atoms with van der Waals surface area (Å²) in [6, 6.07) is 29.1. The van der Waals surface area contributed by atoms with Gasteiger partial charge in [-0.05, 0) is 24.3 Å². The highest BCUT2D eigenvalue weighted by Gasteiger charge is 2.17. The molecule has 0 bridgehead atoms. The molecule has 4 rings (SSSR count). The molecule has 8 nitrogen and oxygen atoms in total. The van der Waals surface area contributed by atoms with Crippen LogP contribution in [0.3, 0.4) is 0 Å². The molecule has 1 aromatic heterocycles. The van der Waals surface area contributed by atoms with Gasteiger partial charge in [0.15, 0.2) is 0 Å². The van der Waals surface area contributed by atoms with Crippen LogP contribution in [0.5, 0.6) is 0 Å². The Labute approximate surface area is 185 Å². The summed E-state index contributed by atoms with van der Waals surface area (Å²) in [7, 11) is -4.94. The molecule has 0 radical (unpaired) electrons. The molecule has 0 unspecified atom stereocenters. The van der Waals surface area contributed by atoms with Crippen molar-refractivity contribution in [2.24, 2.45) is 0 Å². The largest absolute Gasteiger partial charge is 0.276 e. The van der Waals surface area contributed by atoms with E-state index in [9.17, 15) is 10.1 Å². The topological polar surface area (TPSA) is 139 Å². The molecule has 0 N–H and O–H groups in total. The maximum absolute atomic E-state index is 11.3. The number of halogens is 1. The van der Waals surface area contributed by atoms with E-state index in [1.807, 2.05) is 42.5 Å². The Bertz CT molecular complexity index is 1250. The monoisotopic (exact) mass is 452 g/mol. The van der Waals surface area contributed by atoms with E-state index >= 15 is 0 Å². The molecule has 0 amide bonds. The highest BCUT2D eigenvalue weighted by atomic mass is 35.7. The summed E-state index contributed by atoms with van der Waals surface area (Å²) in [6.07, 6.45) is 3.71. The summed E-state index contributed by atoms with van der Waals surface area (Å²) in [5.74, 6) is 0. The molecule has 0 saturated carbocycles. The average molecular weight is 453 g/mol. The lowest BCUT2D eigenvalue weighted by Crippen LogP contribution is -2.68. The standard InChI is InChI=1S/C23H17N2O2.ClHO4/c26-25(27)23-13-7-5-9-19(23)15-17-21-16-14-18-8-4-6-12-22(18)24(21)20-10-2-1-3-11-20;2-1(3,4)5/h1-17H;(H,2,3,4,5)/q+1;/p-1. The molecule has 0 spiro atoms. The van der Waals surface area contributed by atoms with E-state index in [2.05, 4.69) is 34.9 Å². The first kappa shape index (κ1) is 23.0. The number of nitro benzene ring substituents is 1. The van der Waals surface area contributed by atoms with E-state index in [4.69, 9.17) is 18.6 Å². The molecule has 4 aromatic rings. The van der Waals surface area contributed by atoms with Gasteiger partial charge in [0, 0.05) is 41.8 Å². The number of hydrogen-bond donors (Lipinski definition) is 0. The lowest BCUT2D eigenvalue weighted by molar-refractivity contribution is -2.00. The zero-order valence-corrected chi connectivity index (χ0v) is 17.3. The van der Waals surface area contributed by atoms with Crippen LogP contribution in [0.25, 0.3) is 28.7 Å². The van der Waals surface area contributed by atoms with Gasteiger partial charge in [0.2, 0.25) is 16.9 Å². The molecule has 162 valence electrons. The van der Waals surface area contributed by atoms with Crippen molar-refractivity contribution >= 4 is 28.7 Å². The number of nitrogens with zero attached hydrogens (tertiary/aromatic N) is 2. The van der Waals surface area contributed by atoms with Crippen molar-refractivity contribution in [2.45, 2.75) is 0 Å². The van der Waals surface area contributed by atoms with Gasteiger partial charge in [0.05, 0.1) is 10.5 Å². The van der Waals surface area contributed by atoms with Gasteiger partial charge in [-0.25, -0.2) is 18.6 Å². The lowest BCUT2D eigenvalue weighted by Gasteiger charge is -2.17. The molecule has 1 heterocycles. The maximum atomic E-state index is 11.3. The van der Waals surface area contributed by atoms with Crippen molar-refractivity contribution in [3.8, 4) is 5.69 Å². The molecule has 0 aliphatic rings. The van der Waals surface area contributed by atoms with Crippen molar-refractivity contribution in [1.82, 2.24) is 0 Å². The van der Waals surface area contributed by atoms with Crippen LogP contribution in [0, 0.1) is 20.4 Å². The summed E-state index contributed by atoms with van der Waals surface area (Å²) >= 11 is 0. The van der Waals surface area contributed by atoms with Gasteiger partial charge >= 0.3 is 0 Å². The molecule has 9 heteroatoms. The molecule has 0 aliphatic heterocycles. The van der Waals surface area contributed by atoms with Gasteiger partial charge in [-0.15, -0.1) is 10.2 Å². The van der Waals surface area contributed by atoms with Gasteiger partial charge in [-0.2, -0.15) is 4.57 Å². The summed E-state index contributed by atoms with van der Waals surface area (Å²) in [4.78, 5) is 10.9. The van der Waals surface area contributed by atoms with Crippen molar-refractivity contribution in [3.63, 3.8) is 0 Å². The molecule has 0 atom stereocenters. The van der Waals surface area contributed by atoms with Crippen LogP contribution in [0.1, 0.15) is 11.3 Å². The van der Waals surface area contributed by atoms with Gasteiger partial charge in [0.25, 0.3) is 5.69 Å². The number of rotatable bonds is 4. The van der Waals surface area contributed by atoms with Crippen LogP contribution in [-0.2, 0) is 0 Å². The Morgan fingerprint density at radius 2 is 1.31 bits per heavy atom. The predicted molar refractivity (Wildman–Crippen MR) is 108 cm³/mol. The van der Waals surface area contributed by atoms with Crippen LogP contribution in [0.2, 0.25) is 0 Å². The van der Waals surface area contributed by atoms with Gasteiger partial charge < -0.3 is 0 Å². The third-order valence-electron chi connectivity index (χ3n) is 4.45. The quantitative estimate of drug-likeness (QED) is 0.250. The normalized spacial score (nSPS) is 11.2. The van der Waals surface area contributed by atoms with Gasteiger partial charge in [-0.1, -0.05) is 42.5 Å². The lowest BCUT2D eigenvalue weighted by atomic mass is 10.1. The summed E-state index contributed by atoms with van der Waals surface area (Å²) in [6.45, 7) is 0. The third kappa shape index (κ3) is 6.17. The van der Waals surface area contributed by atoms with Crippen LogP contribution in [-0.4, -0.2) is 4.92 Å². The zero-order valence-electron chi connectivity index (χ0n) is 16.5. The van der Waals surface area contributed by atoms with Crippen LogP contribution in [0.15, 0.2) is 91.0 Å². The fourth-order valence-corrected chi connectivity index (χ4v) is 3.19. The van der Waals surface area contributed by atoms with Crippen LogP contribution in [0.4, 0.5) is 5.69 Å². The van der Waals surface area contributed by atoms with Gasteiger partial charge in [0.1, 0.15) is 0 Å². The second-order valence-corrected chi connectivity index (χ2v) is 7.27. The Hall–Kier alpha value is -3.66. The summed E-state index contributed by atoms with van der Waals surface area (Å²) < 4.78 is 36.1. The van der Waals surface area contributed by atoms with Crippen LogP contribution >= 0.6 is 0 Å². The Morgan fingerprint density at radius 3 is 2.00 bits per heavy atom. The molecule has 0 aliphatic carbocycles. The highest BCUT2D eigenvalue weighted by molar-refractivity contribution is 5.78. The minimum atomic E-state index is -4.94. The minimum Gasteiger partial charge on any atom is -0.258 e. The van der Waals surface area contributed by atoms with E-state index in [1.165, 1.54) is 6.07 Å². The number of pyridine rings is 1. The number of fused-ring (bicyclic) bond motifs is 1. The van der Waals surface area contributed by atoms with E-state index in [0.29, 0.717) is 5.56 Å². The SMILES string of the molecule is O=[N+]([O-])c1ccccc1C=Cc1ccc2ccccc2[n+]1-c1ccccc1.[O-][Cl+3]([O-])([O-])[O-].